The first-order valence-corrected chi connectivity index (χ1v) is 10.3. The van der Waals surface area contributed by atoms with Gasteiger partial charge in [0.15, 0.2) is 0 Å². The molecule has 5 nitrogen and oxygen atoms in total. The van der Waals surface area contributed by atoms with Gasteiger partial charge in [0, 0.05) is 13.1 Å². The summed E-state index contributed by atoms with van der Waals surface area (Å²) in [5.41, 5.74) is 3.45. The van der Waals surface area contributed by atoms with Crippen LogP contribution in [-0.2, 0) is 0 Å². The van der Waals surface area contributed by atoms with E-state index in [1.54, 1.807) is 16.0 Å². The van der Waals surface area contributed by atoms with Crippen LogP contribution in [0.5, 0.6) is 0 Å². The number of thiophene rings is 1. The Bertz CT molecular complexity index is 910. The highest BCUT2D eigenvalue weighted by molar-refractivity contribution is 7.13. The normalized spacial score (nSPS) is 14.6. The number of rotatable bonds is 6. The van der Waals surface area contributed by atoms with Crippen molar-refractivity contribution in [3.05, 3.63) is 59.1 Å². The van der Waals surface area contributed by atoms with E-state index in [9.17, 15) is 4.79 Å². The van der Waals surface area contributed by atoms with Crippen molar-refractivity contribution in [2.24, 2.45) is 0 Å². The third kappa shape index (κ3) is 4.12. The SMILES string of the molecule is Cc1cccc(-n2nc(-c3cccs3)cc2C(=O)NCCN2CCCC2)c1. The van der Waals surface area contributed by atoms with Crippen molar-refractivity contribution in [1.82, 2.24) is 20.0 Å². The second-order valence-corrected chi connectivity index (χ2v) is 7.90. The number of amides is 1. The number of carbonyl (C=O) groups is 1. The second-order valence-electron chi connectivity index (χ2n) is 6.95. The molecule has 0 bridgehead atoms. The van der Waals surface area contributed by atoms with Gasteiger partial charge < -0.3 is 10.2 Å². The Morgan fingerprint density at radius 1 is 1.19 bits per heavy atom. The van der Waals surface area contributed by atoms with Gasteiger partial charge >= 0.3 is 0 Å². The van der Waals surface area contributed by atoms with Gasteiger partial charge in [-0.05, 0) is 68.1 Å². The first kappa shape index (κ1) is 17.9. The topological polar surface area (TPSA) is 50.2 Å². The summed E-state index contributed by atoms with van der Waals surface area (Å²) in [5, 5.41) is 9.82. The number of benzene rings is 1. The van der Waals surface area contributed by atoms with Crippen LogP contribution in [-0.4, -0.2) is 46.8 Å². The van der Waals surface area contributed by atoms with Crippen LogP contribution in [0.2, 0.25) is 0 Å². The summed E-state index contributed by atoms with van der Waals surface area (Å²) < 4.78 is 1.76. The van der Waals surface area contributed by atoms with Gasteiger partial charge in [-0.3, -0.25) is 4.79 Å². The number of hydrogen-bond donors (Lipinski definition) is 1. The average molecular weight is 381 g/mol. The quantitative estimate of drug-likeness (QED) is 0.709. The van der Waals surface area contributed by atoms with Crippen molar-refractivity contribution in [2.45, 2.75) is 19.8 Å². The molecule has 6 heteroatoms. The van der Waals surface area contributed by atoms with Crippen LogP contribution < -0.4 is 5.32 Å². The van der Waals surface area contributed by atoms with E-state index < -0.39 is 0 Å². The predicted octanol–water partition coefficient (Wildman–Crippen LogP) is 3.73. The molecule has 1 aromatic carbocycles. The Balaban J connectivity index is 1.58. The Morgan fingerprint density at radius 3 is 2.78 bits per heavy atom. The molecule has 1 N–H and O–H groups in total. The van der Waals surface area contributed by atoms with Crippen LogP contribution in [0.25, 0.3) is 16.3 Å². The van der Waals surface area contributed by atoms with Gasteiger partial charge in [0.1, 0.15) is 11.4 Å². The van der Waals surface area contributed by atoms with E-state index in [0.717, 1.165) is 41.5 Å². The molecule has 0 saturated carbocycles. The summed E-state index contributed by atoms with van der Waals surface area (Å²) >= 11 is 1.63. The van der Waals surface area contributed by atoms with Crippen LogP contribution in [0.15, 0.2) is 47.8 Å². The van der Waals surface area contributed by atoms with Crippen molar-refractivity contribution >= 4 is 17.2 Å². The summed E-state index contributed by atoms with van der Waals surface area (Å²) in [7, 11) is 0. The summed E-state index contributed by atoms with van der Waals surface area (Å²) in [4.78, 5) is 16.4. The Morgan fingerprint density at radius 2 is 2.04 bits per heavy atom. The number of nitrogens with zero attached hydrogens (tertiary/aromatic N) is 3. The Hall–Kier alpha value is -2.44. The van der Waals surface area contributed by atoms with Crippen LogP contribution in [0.1, 0.15) is 28.9 Å². The van der Waals surface area contributed by atoms with Gasteiger partial charge in [0.05, 0.1) is 10.6 Å². The molecule has 2 aromatic heterocycles. The molecule has 1 amide bonds. The number of nitrogens with one attached hydrogen (secondary N) is 1. The summed E-state index contributed by atoms with van der Waals surface area (Å²) in [6.07, 6.45) is 2.52. The molecule has 0 aliphatic carbocycles. The van der Waals surface area contributed by atoms with Crippen LogP contribution >= 0.6 is 11.3 Å². The fourth-order valence-electron chi connectivity index (χ4n) is 3.47. The van der Waals surface area contributed by atoms with E-state index in [0.29, 0.717) is 12.2 Å². The molecule has 0 radical (unpaired) electrons. The highest BCUT2D eigenvalue weighted by Gasteiger charge is 2.18. The average Bonchev–Trinajstić information content (AvgIpc) is 3.42. The van der Waals surface area contributed by atoms with Crippen molar-refractivity contribution in [3.8, 4) is 16.3 Å². The lowest BCUT2D eigenvalue weighted by Crippen LogP contribution is -2.34. The smallest absolute Gasteiger partial charge is 0.270 e. The number of carbonyl (C=O) groups excluding carboxylic acids is 1. The minimum absolute atomic E-state index is 0.0778. The summed E-state index contributed by atoms with van der Waals surface area (Å²) in [6.45, 7) is 5.89. The second kappa shape index (κ2) is 8.06. The molecule has 1 fully saturated rings. The van der Waals surface area contributed by atoms with Crippen LogP contribution in [0.3, 0.4) is 0 Å². The van der Waals surface area contributed by atoms with Crippen LogP contribution in [0, 0.1) is 6.92 Å². The number of aryl methyl sites for hydroxylation is 1. The fourth-order valence-corrected chi connectivity index (χ4v) is 4.15. The molecule has 4 rings (SSSR count). The monoisotopic (exact) mass is 380 g/mol. The number of likely N-dealkylation sites (tertiary alicyclic amines) is 1. The van der Waals surface area contributed by atoms with Gasteiger partial charge in [-0.25, -0.2) is 4.68 Å². The zero-order valence-corrected chi connectivity index (χ0v) is 16.3. The number of aromatic nitrogens is 2. The lowest BCUT2D eigenvalue weighted by atomic mass is 10.2. The maximum Gasteiger partial charge on any atom is 0.270 e. The van der Waals surface area contributed by atoms with E-state index in [-0.39, 0.29) is 5.91 Å². The van der Waals surface area contributed by atoms with Crippen molar-refractivity contribution < 1.29 is 4.79 Å². The fraction of sp³-hybridized carbons (Fsp3) is 0.333. The van der Waals surface area contributed by atoms with Crippen LogP contribution in [0.4, 0.5) is 0 Å². The van der Waals surface area contributed by atoms with E-state index >= 15 is 0 Å². The first-order chi connectivity index (χ1) is 13.2. The Kier molecular flexibility index (Phi) is 5.36. The molecule has 140 valence electrons. The Labute approximate surface area is 163 Å². The molecule has 1 aliphatic rings. The zero-order valence-electron chi connectivity index (χ0n) is 15.5. The van der Waals surface area contributed by atoms with Crippen molar-refractivity contribution in [1.29, 1.82) is 0 Å². The minimum Gasteiger partial charge on any atom is -0.349 e. The van der Waals surface area contributed by atoms with E-state index in [1.807, 2.05) is 54.8 Å². The maximum absolute atomic E-state index is 12.9. The highest BCUT2D eigenvalue weighted by atomic mass is 32.1. The van der Waals surface area contributed by atoms with Crippen molar-refractivity contribution in [2.75, 3.05) is 26.2 Å². The molecule has 1 saturated heterocycles. The maximum atomic E-state index is 12.9. The van der Waals surface area contributed by atoms with Gasteiger partial charge in [-0.15, -0.1) is 11.3 Å². The molecule has 0 atom stereocenters. The molecular formula is C21H24N4OS. The third-order valence-electron chi connectivity index (χ3n) is 4.87. The van der Waals surface area contributed by atoms with Gasteiger partial charge in [0.2, 0.25) is 0 Å². The van der Waals surface area contributed by atoms with Crippen molar-refractivity contribution in [3.63, 3.8) is 0 Å². The lowest BCUT2D eigenvalue weighted by Gasteiger charge is -2.15. The standard InChI is InChI=1S/C21H24N4OS/c1-16-6-4-7-17(14-16)25-19(15-18(23-25)20-8-5-13-27-20)21(26)22-9-12-24-10-2-3-11-24/h4-8,13-15H,2-3,9-12H2,1H3,(H,22,26). The molecule has 27 heavy (non-hydrogen) atoms. The van der Waals surface area contributed by atoms with E-state index in [4.69, 9.17) is 5.10 Å². The van der Waals surface area contributed by atoms with Gasteiger partial charge in [-0.2, -0.15) is 5.10 Å². The molecule has 0 spiro atoms. The molecule has 0 unspecified atom stereocenters. The molecule has 3 aromatic rings. The lowest BCUT2D eigenvalue weighted by molar-refractivity contribution is 0.0942. The highest BCUT2D eigenvalue weighted by Crippen LogP contribution is 2.26. The van der Waals surface area contributed by atoms with E-state index in [2.05, 4.69) is 10.2 Å². The van der Waals surface area contributed by atoms with E-state index in [1.165, 1.54) is 12.8 Å². The largest absolute Gasteiger partial charge is 0.349 e. The predicted molar refractivity (Wildman–Crippen MR) is 110 cm³/mol. The van der Waals surface area contributed by atoms with Gasteiger partial charge in [-0.1, -0.05) is 18.2 Å². The first-order valence-electron chi connectivity index (χ1n) is 9.42. The number of hydrogen-bond acceptors (Lipinski definition) is 4. The zero-order chi connectivity index (χ0) is 18.6. The minimum atomic E-state index is -0.0778. The third-order valence-corrected chi connectivity index (χ3v) is 5.77. The summed E-state index contributed by atoms with van der Waals surface area (Å²) in [5.74, 6) is -0.0778. The molecule has 1 aliphatic heterocycles. The van der Waals surface area contributed by atoms with Gasteiger partial charge in [0.25, 0.3) is 5.91 Å². The summed E-state index contributed by atoms with van der Waals surface area (Å²) in [6, 6.07) is 14.0. The molecular weight excluding hydrogens is 356 g/mol. The molecule has 3 heterocycles.